The monoisotopic (exact) mass is 292 g/mol. The van der Waals surface area contributed by atoms with Crippen LogP contribution >= 0.6 is 0 Å². The fourth-order valence-electron chi connectivity index (χ4n) is 2.62. The lowest BCUT2D eigenvalue weighted by Crippen LogP contribution is -2.57. The zero-order valence-electron chi connectivity index (χ0n) is 11.6. The molecule has 3 heterocycles. The molecule has 0 aromatic carbocycles. The largest absolute Gasteiger partial charge is 0.494 e. The van der Waals surface area contributed by atoms with E-state index in [-0.39, 0.29) is 29.8 Å². The third-order valence-corrected chi connectivity index (χ3v) is 3.81. The van der Waals surface area contributed by atoms with Crippen molar-refractivity contribution in [1.29, 1.82) is 0 Å². The van der Waals surface area contributed by atoms with Crippen molar-refractivity contribution in [3.05, 3.63) is 18.2 Å². The second kappa shape index (κ2) is 5.55. The topological polar surface area (TPSA) is 93.7 Å². The maximum Gasteiger partial charge on any atom is 0.407 e. The van der Waals surface area contributed by atoms with Crippen molar-refractivity contribution in [2.45, 2.75) is 12.5 Å². The Bertz CT molecular complexity index is 548. The van der Waals surface area contributed by atoms with Crippen molar-refractivity contribution < 1.29 is 19.1 Å². The highest BCUT2D eigenvalue weighted by molar-refractivity contribution is 5.90. The molecule has 21 heavy (non-hydrogen) atoms. The molecule has 112 valence electrons. The van der Waals surface area contributed by atoms with E-state index in [4.69, 9.17) is 9.47 Å². The van der Waals surface area contributed by atoms with Crippen molar-refractivity contribution in [2.24, 2.45) is 5.92 Å². The lowest BCUT2D eigenvalue weighted by molar-refractivity contribution is 0.0318. The van der Waals surface area contributed by atoms with Gasteiger partial charge in [-0.25, -0.2) is 14.8 Å². The van der Waals surface area contributed by atoms with Crippen LogP contribution in [0.1, 0.15) is 17.0 Å². The number of cyclic esters (lactones) is 1. The number of carbonyl (C=O) groups excluding carboxylic acids is 2. The van der Waals surface area contributed by atoms with Crippen LogP contribution < -0.4 is 10.1 Å². The highest BCUT2D eigenvalue weighted by atomic mass is 16.6. The zero-order chi connectivity index (χ0) is 14.8. The van der Waals surface area contributed by atoms with Crippen LogP contribution in [0.4, 0.5) is 4.79 Å². The van der Waals surface area contributed by atoms with Crippen LogP contribution in [0.5, 0.6) is 5.75 Å². The predicted octanol–water partition coefficient (Wildman–Crippen LogP) is 0.0557. The molecule has 1 aromatic rings. The van der Waals surface area contributed by atoms with E-state index < -0.39 is 0 Å². The van der Waals surface area contributed by atoms with Crippen molar-refractivity contribution in [2.75, 3.05) is 26.8 Å². The number of alkyl carbamates (subject to hydrolysis) is 1. The second-order valence-electron chi connectivity index (χ2n) is 5.10. The normalized spacial score (nSPS) is 24.6. The minimum Gasteiger partial charge on any atom is -0.494 e. The molecule has 0 spiro atoms. The third-order valence-electron chi connectivity index (χ3n) is 3.81. The molecule has 8 heteroatoms. The van der Waals surface area contributed by atoms with Gasteiger partial charge in [-0.1, -0.05) is 0 Å². The fraction of sp³-hybridized carbons (Fsp3) is 0.538. The summed E-state index contributed by atoms with van der Waals surface area (Å²) in [6.45, 7) is 1.43. The summed E-state index contributed by atoms with van der Waals surface area (Å²) < 4.78 is 9.94. The number of methoxy groups -OCH3 is 1. The number of amides is 2. The Kier molecular flexibility index (Phi) is 3.59. The molecular weight excluding hydrogens is 276 g/mol. The number of carbonyl (C=O) groups is 2. The third kappa shape index (κ3) is 2.74. The van der Waals surface area contributed by atoms with E-state index in [1.54, 1.807) is 4.90 Å². The highest BCUT2D eigenvalue weighted by Crippen LogP contribution is 2.22. The van der Waals surface area contributed by atoms with Crippen LogP contribution in [0.25, 0.3) is 0 Å². The van der Waals surface area contributed by atoms with Crippen molar-refractivity contribution >= 4 is 12.0 Å². The van der Waals surface area contributed by atoms with Gasteiger partial charge < -0.3 is 19.7 Å². The minimum absolute atomic E-state index is 0.0760. The average Bonchev–Trinajstić information content (AvgIpc) is 2.53. The number of hydrogen-bond acceptors (Lipinski definition) is 6. The summed E-state index contributed by atoms with van der Waals surface area (Å²) in [6, 6.07) is 0.0760. The summed E-state index contributed by atoms with van der Waals surface area (Å²) in [5, 5.41) is 2.79. The number of aromatic nitrogens is 2. The predicted molar refractivity (Wildman–Crippen MR) is 70.9 cm³/mol. The van der Waals surface area contributed by atoms with Gasteiger partial charge in [-0.3, -0.25) is 4.79 Å². The summed E-state index contributed by atoms with van der Waals surface area (Å²) >= 11 is 0. The summed E-state index contributed by atoms with van der Waals surface area (Å²) in [5.74, 6) is 0.551. The van der Waals surface area contributed by atoms with Crippen molar-refractivity contribution in [3.63, 3.8) is 0 Å². The number of hydrogen-bond donors (Lipinski definition) is 1. The summed E-state index contributed by atoms with van der Waals surface area (Å²) in [6.07, 6.45) is 3.27. The van der Waals surface area contributed by atoms with Gasteiger partial charge >= 0.3 is 6.09 Å². The molecule has 2 saturated heterocycles. The van der Waals surface area contributed by atoms with Crippen LogP contribution in [0.2, 0.25) is 0 Å². The number of nitrogens with one attached hydrogen (secondary N) is 1. The molecule has 2 fully saturated rings. The van der Waals surface area contributed by atoms with E-state index in [2.05, 4.69) is 15.3 Å². The lowest BCUT2D eigenvalue weighted by Gasteiger charge is -2.40. The van der Waals surface area contributed by atoms with E-state index in [1.807, 2.05) is 0 Å². The molecule has 1 N–H and O–H groups in total. The number of piperidine rings is 1. The van der Waals surface area contributed by atoms with Crippen LogP contribution in [0, 0.1) is 5.92 Å². The van der Waals surface area contributed by atoms with Gasteiger partial charge in [-0.05, 0) is 6.42 Å². The average molecular weight is 292 g/mol. The first-order chi connectivity index (χ1) is 10.2. The Morgan fingerprint density at radius 2 is 2.24 bits per heavy atom. The first-order valence-corrected chi connectivity index (χ1v) is 6.76. The van der Waals surface area contributed by atoms with E-state index in [0.717, 1.165) is 0 Å². The summed E-state index contributed by atoms with van der Waals surface area (Å²) in [5.41, 5.74) is 0. The molecular formula is C13H16N4O4. The van der Waals surface area contributed by atoms with Gasteiger partial charge in [0, 0.05) is 25.0 Å². The standard InChI is InChI=1S/C13H16N4O4/c1-20-9-4-14-11(15-5-9)12(18)17-3-2-10-8(6-17)7-21-13(19)16-10/h4-5,8,10H,2-3,6-7H2,1H3,(H,16,19)/t8-,10+/m1/s1. The first kappa shape index (κ1) is 13.6. The highest BCUT2D eigenvalue weighted by Gasteiger charge is 2.37. The molecule has 1 aromatic heterocycles. The number of ether oxygens (including phenoxy) is 2. The molecule has 0 saturated carbocycles. The molecule has 8 nitrogen and oxygen atoms in total. The number of fused-ring (bicyclic) bond motifs is 1. The number of likely N-dealkylation sites (tertiary alicyclic amines) is 1. The minimum atomic E-state index is -0.380. The maximum absolute atomic E-state index is 12.4. The smallest absolute Gasteiger partial charge is 0.407 e. The van der Waals surface area contributed by atoms with E-state index in [1.165, 1.54) is 19.5 Å². The second-order valence-corrected chi connectivity index (χ2v) is 5.10. The summed E-state index contributed by atoms with van der Waals surface area (Å²) in [7, 11) is 1.52. The van der Waals surface area contributed by atoms with Gasteiger partial charge in [0.05, 0.1) is 26.1 Å². The zero-order valence-corrected chi connectivity index (χ0v) is 11.6. The molecule has 0 radical (unpaired) electrons. The Balaban J connectivity index is 1.67. The van der Waals surface area contributed by atoms with Gasteiger partial charge in [0.2, 0.25) is 5.82 Å². The Hall–Kier alpha value is -2.38. The number of rotatable bonds is 2. The Morgan fingerprint density at radius 1 is 1.48 bits per heavy atom. The number of nitrogens with zero attached hydrogens (tertiary/aromatic N) is 3. The molecule has 2 atom stereocenters. The van der Waals surface area contributed by atoms with Crippen molar-refractivity contribution in [3.8, 4) is 5.75 Å². The quantitative estimate of drug-likeness (QED) is 0.828. The molecule has 0 bridgehead atoms. The molecule has 2 aliphatic rings. The molecule has 3 rings (SSSR count). The van der Waals surface area contributed by atoms with Gasteiger partial charge in [-0.15, -0.1) is 0 Å². The van der Waals surface area contributed by atoms with E-state index in [0.29, 0.717) is 31.9 Å². The molecule has 2 aliphatic heterocycles. The van der Waals surface area contributed by atoms with Gasteiger partial charge in [0.15, 0.2) is 5.75 Å². The van der Waals surface area contributed by atoms with Crippen LogP contribution in [-0.4, -0.2) is 59.7 Å². The van der Waals surface area contributed by atoms with Crippen molar-refractivity contribution in [1.82, 2.24) is 20.2 Å². The molecule has 0 unspecified atom stereocenters. The fourth-order valence-corrected chi connectivity index (χ4v) is 2.62. The van der Waals surface area contributed by atoms with Gasteiger partial charge in [-0.2, -0.15) is 0 Å². The van der Waals surface area contributed by atoms with E-state index in [9.17, 15) is 9.59 Å². The van der Waals surface area contributed by atoms with Gasteiger partial charge in [0.25, 0.3) is 5.91 Å². The van der Waals surface area contributed by atoms with Crippen LogP contribution in [0.15, 0.2) is 12.4 Å². The maximum atomic E-state index is 12.4. The molecule has 2 amide bonds. The first-order valence-electron chi connectivity index (χ1n) is 6.76. The molecule has 0 aliphatic carbocycles. The summed E-state index contributed by atoms with van der Waals surface area (Å²) in [4.78, 5) is 33.3. The van der Waals surface area contributed by atoms with E-state index >= 15 is 0 Å². The van der Waals surface area contributed by atoms with Crippen LogP contribution in [0.3, 0.4) is 0 Å². The Labute approximate surface area is 121 Å². The van der Waals surface area contributed by atoms with Crippen LogP contribution in [-0.2, 0) is 4.74 Å². The SMILES string of the molecule is COc1cnc(C(=O)N2CC[C@@H]3NC(=O)OC[C@H]3C2)nc1. The lowest BCUT2D eigenvalue weighted by atomic mass is 9.92. The Morgan fingerprint density at radius 3 is 2.95 bits per heavy atom. The van der Waals surface area contributed by atoms with Gasteiger partial charge in [0.1, 0.15) is 0 Å².